The molecule has 0 amide bonds. The lowest BCUT2D eigenvalue weighted by atomic mass is 9.89. The number of nitro groups is 1. The van der Waals surface area contributed by atoms with E-state index in [0.29, 0.717) is 38.4 Å². The van der Waals surface area contributed by atoms with Crippen LogP contribution in [-0.2, 0) is 14.8 Å². The lowest BCUT2D eigenvalue weighted by molar-refractivity contribution is -0.384. The smallest absolute Gasteiger partial charge is 0.293 e. The normalized spacial score (nSPS) is 25.1. The maximum Gasteiger partial charge on any atom is 0.293 e. The fraction of sp³-hybridized carbons (Fsp3) is 0.684. The van der Waals surface area contributed by atoms with Gasteiger partial charge in [0.25, 0.3) is 5.69 Å². The minimum absolute atomic E-state index is 0.0836. The molecular formula is C19H30N4O6S. The molecule has 168 valence electrons. The maximum atomic E-state index is 12.6. The van der Waals surface area contributed by atoms with Crippen molar-refractivity contribution in [2.75, 3.05) is 51.8 Å². The Bertz CT molecular complexity index is 863. The molecule has 0 aliphatic carbocycles. The third-order valence-corrected chi connectivity index (χ3v) is 7.23. The Morgan fingerprint density at radius 2 is 2.13 bits per heavy atom. The van der Waals surface area contributed by atoms with Crippen molar-refractivity contribution in [1.82, 2.24) is 9.62 Å². The molecule has 30 heavy (non-hydrogen) atoms. The van der Waals surface area contributed by atoms with E-state index in [9.17, 15) is 23.6 Å². The van der Waals surface area contributed by atoms with Gasteiger partial charge in [0.05, 0.1) is 22.5 Å². The van der Waals surface area contributed by atoms with Crippen molar-refractivity contribution in [1.29, 1.82) is 0 Å². The van der Waals surface area contributed by atoms with Crippen LogP contribution in [0.3, 0.4) is 0 Å². The van der Waals surface area contributed by atoms with Crippen molar-refractivity contribution in [3.05, 3.63) is 28.3 Å². The number of ether oxygens (including phenoxy) is 1. The molecule has 2 aliphatic heterocycles. The van der Waals surface area contributed by atoms with Crippen molar-refractivity contribution < 1.29 is 23.2 Å². The molecule has 10 nitrogen and oxygen atoms in total. The van der Waals surface area contributed by atoms with Gasteiger partial charge in [-0.3, -0.25) is 10.1 Å². The van der Waals surface area contributed by atoms with E-state index < -0.39 is 21.1 Å². The van der Waals surface area contributed by atoms with Gasteiger partial charge < -0.3 is 19.6 Å². The average Bonchev–Trinajstić information content (AvgIpc) is 3.16. The van der Waals surface area contributed by atoms with Crippen LogP contribution in [0, 0.1) is 16.0 Å². The summed E-state index contributed by atoms with van der Waals surface area (Å²) in [6.07, 6.45) is 1.68. The highest BCUT2D eigenvalue weighted by atomic mass is 32.2. The molecule has 3 rings (SSSR count). The quantitative estimate of drug-likeness (QED) is 0.447. The Morgan fingerprint density at radius 1 is 1.37 bits per heavy atom. The highest BCUT2D eigenvalue weighted by Crippen LogP contribution is 2.39. The zero-order chi connectivity index (χ0) is 21.9. The average molecular weight is 443 g/mol. The molecule has 3 atom stereocenters. The Labute approximate surface area is 177 Å². The SMILES string of the molecule is CN(C)CCNS(=O)(=O)c1ccc(N2CCC[C@@H]2[C@H]2COCC[C@H]2O)c([N+](=O)[O-])c1. The Balaban J connectivity index is 1.87. The first kappa shape index (κ1) is 22.9. The predicted octanol–water partition coefficient (Wildman–Crippen LogP) is 0.801. The molecule has 1 aromatic rings. The van der Waals surface area contributed by atoms with Crippen LogP contribution in [0.5, 0.6) is 0 Å². The van der Waals surface area contributed by atoms with Crippen LogP contribution in [0.25, 0.3) is 0 Å². The maximum absolute atomic E-state index is 12.6. The number of likely N-dealkylation sites (N-methyl/N-ethyl adjacent to an activating group) is 1. The zero-order valence-electron chi connectivity index (χ0n) is 17.4. The van der Waals surface area contributed by atoms with Gasteiger partial charge in [0.15, 0.2) is 0 Å². The molecular weight excluding hydrogens is 412 g/mol. The minimum atomic E-state index is -3.85. The van der Waals surface area contributed by atoms with Gasteiger partial charge in [-0.05, 0) is 45.5 Å². The molecule has 11 heteroatoms. The largest absolute Gasteiger partial charge is 0.393 e. The number of rotatable bonds is 8. The van der Waals surface area contributed by atoms with E-state index in [0.717, 1.165) is 18.9 Å². The molecule has 1 aromatic carbocycles. The number of hydrogen-bond acceptors (Lipinski definition) is 8. The van der Waals surface area contributed by atoms with Gasteiger partial charge in [-0.15, -0.1) is 0 Å². The van der Waals surface area contributed by atoms with E-state index in [4.69, 9.17) is 4.74 Å². The number of nitro benzene ring substituents is 1. The monoisotopic (exact) mass is 442 g/mol. The molecule has 2 N–H and O–H groups in total. The number of nitrogens with one attached hydrogen (secondary N) is 1. The van der Waals surface area contributed by atoms with Crippen LogP contribution >= 0.6 is 0 Å². The summed E-state index contributed by atoms with van der Waals surface area (Å²) in [5.74, 6) is -0.128. The number of hydrogen-bond donors (Lipinski definition) is 2. The van der Waals surface area contributed by atoms with Crippen LogP contribution in [-0.4, -0.2) is 82.4 Å². The Morgan fingerprint density at radius 3 is 2.80 bits per heavy atom. The van der Waals surface area contributed by atoms with Crippen LogP contribution < -0.4 is 9.62 Å². The van der Waals surface area contributed by atoms with Gasteiger partial charge in [-0.1, -0.05) is 0 Å². The summed E-state index contributed by atoms with van der Waals surface area (Å²) in [5, 5.41) is 22.2. The van der Waals surface area contributed by atoms with E-state index in [1.807, 2.05) is 23.9 Å². The lowest BCUT2D eigenvalue weighted by Crippen LogP contribution is -2.46. The fourth-order valence-electron chi connectivity index (χ4n) is 4.20. The minimum Gasteiger partial charge on any atom is -0.393 e. The van der Waals surface area contributed by atoms with Crippen LogP contribution in [0.2, 0.25) is 0 Å². The standard InChI is InChI=1S/C19H30N4O6S/c1-21(2)10-8-20-30(27,28)14-5-6-17(18(12-14)23(25)26)22-9-3-4-16(22)15-13-29-11-7-19(15)24/h5-6,12,15-16,19-20,24H,3-4,7-11,13H2,1-2H3/t15-,16-,19-/m1/s1. The van der Waals surface area contributed by atoms with Gasteiger partial charge in [-0.25, -0.2) is 13.1 Å². The van der Waals surface area contributed by atoms with E-state index in [1.165, 1.54) is 12.1 Å². The van der Waals surface area contributed by atoms with Crippen molar-refractivity contribution in [2.45, 2.75) is 36.3 Å². The van der Waals surface area contributed by atoms with Gasteiger partial charge >= 0.3 is 0 Å². The fourth-order valence-corrected chi connectivity index (χ4v) is 5.24. The first-order valence-corrected chi connectivity index (χ1v) is 11.6. The molecule has 0 bridgehead atoms. The van der Waals surface area contributed by atoms with E-state index >= 15 is 0 Å². The highest BCUT2D eigenvalue weighted by Gasteiger charge is 2.39. The van der Waals surface area contributed by atoms with Crippen molar-refractivity contribution in [3.8, 4) is 0 Å². The molecule has 2 aliphatic rings. The van der Waals surface area contributed by atoms with E-state index in [-0.39, 0.29) is 29.1 Å². The van der Waals surface area contributed by atoms with Crippen molar-refractivity contribution >= 4 is 21.4 Å². The lowest BCUT2D eigenvalue weighted by Gasteiger charge is -2.37. The van der Waals surface area contributed by atoms with Gasteiger partial charge in [-0.2, -0.15) is 0 Å². The van der Waals surface area contributed by atoms with Crippen LogP contribution in [0.4, 0.5) is 11.4 Å². The molecule has 0 radical (unpaired) electrons. The molecule has 2 fully saturated rings. The number of benzene rings is 1. The first-order chi connectivity index (χ1) is 14.2. The first-order valence-electron chi connectivity index (χ1n) is 10.2. The summed E-state index contributed by atoms with van der Waals surface area (Å²) in [4.78, 5) is 14.9. The second-order valence-corrected chi connectivity index (χ2v) is 9.87. The van der Waals surface area contributed by atoms with Crippen molar-refractivity contribution in [3.63, 3.8) is 0 Å². The molecule has 0 spiro atoms. The summed E-state index contributed by atoms with van der Waals surface area (Å²) in [5.41, 5.74) is 0.135. The number of nitrogens with zero attached hydrogens (tertiary/aromatic N) is 3. The summed E-state index contributed by atoms with van der Waals surface area (Å²) in [6, 6.07) is 3.95. The highest BCUT2D eigenvalue weighted by molar-refractivity contribution is 7.89. The van der Waals surface area contributed by atoms with Crippen molar-refractivity contribution in [2.24, 2.45) is 5.92 Å². The number of anilines is 1. The molecule has 0 unspecified atom stereocenters. The molecule has 0 saturated carbocycles. The van der Waals surface area contributed by atoms with Crippen LogP contribution in [0.15, 0.2) is 23.1 Å². The second kappa shape index (κ2) is 9.56. The summed E-state index contributed by atoms with van der Waals surface area (Å²) < 4.78 is 33.1. The third-order valence-electron chi connectivity index (χ3n) is 5.77. The Hall–Kier alpha value is -1.79. The zero-order valence-corrected chi connectivity index (χ0v) is 18.2. The van der Waals surface area contributed by atoms with Gasteiger partial charge in [0, 0.05) is 44.3 Å². The van der Waals surface area contributed by atoms with E-state index in [2.05, 4.69) is 4.72 Å². The summed E-state index contributed by atoms with van der Waals surface area (Å²) in [6.45, 7) is 2.26. The van der Waals surface area contributed by atoms with Gasteiger partial charge in [0.2, 0.25) is 10.0 Å². The molecule has 2 heterocycles. The van der Waals surface area contributed by atoms with Gasteiger partial charge in [0.1, 0.15) is 5.69 Å². The predicted molar refractivity (Wildman–Crippen MR) is 112 cm³/mol. The summed E-state index contributed by atoms with van der Waals surface area (Å²) in [7, 11) is -0.199. The third kappa shape index (κ3) is 5.09. The second-order valence-electron chi connectivity index (χ2n) is 8.11. The van der Waals surface area contributed by atoms with E-state index in [1.54, 1.807) is 0 Å². The number of sulfonamides is 1. The molecule has 2 saturated heterocycles. The molecule has 0 aromatic heterocycles. The number of aliphatic hydroxyl groups is 1. The summed E-state index contributed by atoms with van der Waals surface area (Å²) >= 11 is 0. The Kier molecular flexibility index (Phi) is 7.30. The topological polar surface area (TPSA) is 125 Å². The van der Waals surface area contributed by atoms with Crippen LogP contribution in [0.1, 0.15) is 19.3 Å². The number of aliphatic hydroxyl groups excluding tert-OH is 1.